The van der Waals surface area contributed by atoms with E-state index in [-0.39, 0.29) is 12.6 Å². The van der Waals surface area contributed by atoms with E-state index in [1.807, 2.05) is 62.4 Å². The Morgan fingerprint density at radius 2 is 1.00 bits per heavy atom. The Hall–Kier alpha value is -2.88. The van der Waals surface area contributed by atoms with Crippen LogP contribution < -0.4 is 9.47 Å². The molecule has 0 aliphatic heterocycles. The van der Waals surface area contributed by atoms with E-state index in [1.165, 1.54) is 12.5 Å². The van der Waals surface area contributed by atoms with E-state index in [2.05, 4.69) is 13.2 Å². The molecule has 0 bridgehead atoms. The zero-order valence-corrected chi connectivity index (χ0v) is 14.0. The lowest BCUT2D eigenvalue weighted by Crippen LogP contribution is -2.12. The van der Waals surface area contributed by atoms with Crippen molar-refractivity contribution in [3.05, 3.63) is 74.2 Å². The maximum atomic E-state index is 5.60. The predicted octanol–water partition coefficient (Wildman–Crippen LogP) is 5.12. The van der Waals surface area contributed by atoms with E-state index in [0.29, 0.717) is 0 Å². The van der Waals surface area contributed by atoms with Crippen molar-refractivity contribution in [1.29, 1.82) is 0 Å². The summed E-state index contributed by atoms with van der Waals surface area (Å²) >= 11 is 0. The molecule has 2 rings (SSSR count). The maximum Gasteiger partial charge on any atom is 0.237 e. The van der Waals surface area contributed by atoms with Gasteiger partial charge in [0.1, 0.15) is 11.5 Å². The molecule has 0 spiro atoms. The van der Waals surface area contributed by atoms with Crippen molar-refractivity contribution in [2.24, 2.45) is 0 Å². The van der Waals surface area contributed by atoms with Gasteiger partial charge in [-0.2, -0.15) is 0 Å². The predicted molar refractivity (Wildman–Crippen MR) is 94.6 cm³/mol. The molecule has 0 heterocycles. The first-order valence-corrected chi connectivity index (χ1v) is 7.69. The Kier molecular flexibility index (Phi) is 6.32. The average molecular weight is 326 g/mol. The molecule has 0 radical (unpaired) electrons. The standard InChI is InChI=1S/C20H22O4/c1-5-21-15(3)23-19-11-7-17(8-12-19)18-9-13-20(14-10-18)24-16(4)22-6-2/h5-16H,1-2H2,3-4H3. The highest BCUT2D eigenvalue weighted by Gasteiger charge is 2.05. The number of benzene rings is 2. The molecule has 0 aromatic heterocycles. The van der Waals surface area contributed by atoms with E-state index >= 15 is 0 Å². The van der Waals surface area contributed by atoms with Crippen LogP contribution in [0.3, 0.4) is 0 Å². The van der Waals surface area contributed by atoms with Gasteiger partial charge in [-0.1, -0.05) is 37.4 Å². The fourth-order valence-corrected chi connectivity index (χ4v) is 2.16. The highest BCUT2D eigenvalue weighted by molar-refractivity contribution is 5.64. The minimum absolute atomic E-state index is 0.371. The fraction of sp³-hybridized carbons (Fsp3) is 0.200. The first kappa shape index (κ1) is 17.5. The third-order valence-corrected chi connectivity index (χ3v) is 3.22. The minimum Gasteiger partial charge on any atom is -0.463 e. The van der Waals surface area contributed by atoms with Crippen molar-refractivity contribution in [2.45, 2.75) is 26.4 Å². The summed E-state index contributed by atoms with van der Waals surface area (Å²) in [5.74, 6) is 1.48. The second kappa shape index (κ2) is 8.67. The summed E-state index contributed by atoms with van der Waals surface area (Å²) in [5.41, 5.74) is 2.17. The monoisotopic (exact) mass is 326 g/mol. The summed E-state index contributed by atoms with van der Waals surface area (Å²) in [6.45, 7) is 10.6. The fourth-order valence-electron chi connectivity index (χ4n) is 2.16. The minimum atomic E-state index is -0.371. The molecule has 0 aliphatic rings. The van der Waals surface area contributed by atoms with Gasteiger partial charge in [-0.15, -0.1) is 0 Å². The van der Waals surface area contributed by atoms with Crippen LogP contribution in [0.15, 0.2) is 74.2 Å². The lowest BCUT2D eigenvalue weighted by Gasteiger charge is -2.15. The number of rotatable bonds is 9. The van der Waals surface area contributed by atoms with Gasteiger partial charge >= 0.3 is 0 Å². The van der Waals surface area contributed by atoms with E-state index in [0.717, 1.165) is 22.6 Å². The van der Waals surface area contributed by atoms with Gasteiger partial charge in [0.25, 0.3) is 0 Å². The third kappa shape index (κ3) is 5.09. The molecule has 4 heteroatoms. The van der Waals surface area contributed by atoms with Crippen molar-refractivity contribution in [1.82, 2.24) is 0 Å². The van der Waals surface area contributed by atoms with Gasteiger partial charge in [0.15, 0.2) is 0 Å². The topological polar surface area (TPSA) is 36.9 Å². The summed E-state index contributed by atoms with van der Waals surface area (Å²) in [4.78, 5) is 0. The first-order chi connectivity index (χ1) is 11.6. The second-order valence-electron chi connectivity index (χ2n) is 5.03. The van der Waals surface area contributed by atoms with Crippen LogP contribution in [0.1, 0.15) is 13.8 Å². The van der Waals surface area contributed by atoms with E-state index in [4.69, 9.17) is 18.9 Å². The summed E-state index contributed by atoms with van der Waals surface area (Å²) < 4.78 is 21.5. The molecule has 126 valence electrons. The van der Waals surface area contributed by atoms with Gasteiger partial charge in [0, 0.05) is 13.8 Å². The zero-order valence-electron chi connectivity index (χ0n) is 14.0. The molecule has 0 aliphatic carbocycles. The molecule has 2 aromatic rings. The molecule has 2 atom stereocenters. The number of ether oxygens (including phenoxy) is 4. The summed E-state index contributed by atoms with van der Waals surface area (Å²) in [6.07, 6.45) is 1.99. The second-order valence-corrected chi connectivity index (χ2v) is 5.03. The highest BCUT2D eigenvalue weighted by Crippen LogP contribution is 2.25. The number of hydrogen-bond acceptors (Lipinski definition) is 4. The van der Waals surface area contributed by atoms with Crippen LogP contribution in [0, 0.1) is 0 Å². The van der Waals surface area contributed by atoms with Crippen molar-refractivity contribution in [3.8, 4) is 22.6 Å². The highest BCUT2D eigenvalue weighted by atomic mass is 16.7. The SMILES string of the molecule is C=COC(C)Oc1ccc(-c2ccc(OC(C)OC=C)cc2)cc1. The summed E-state index contributed by atoms with van der Waals surface area (Å²) in [5, 5.41) is 0. The van der Waals surface area contributed by atoms with Crippen LogP contribution in [0.25, 0.3) is 11.1 Å². The van der Waals surface area contributed by atoms with Crippen molar-refractivity contribution in [3.63, 3.8) is 0 Å². The van der Waals surface area contributed by atoms with Gasteiger partial charge in [-0.05, 0) is 35.4 Å². The smallest absolute Gasteiger partial charge is 0.237 e. The lowest BCUT2D eigenvalue weighted by molar-refractivity contribution is -0.0135. The Morgan fingerprint density at radius 3 is 1.29 bits per heavy atom. The summed E-state index contributed by atoms with van der Waals surface area (Å²) in [7, 11) is 0. The molecule has 2 unspecified atom stereocenters. The molecule has 0 fully saturated rings. The molecule has 2 aromatic carbocycles. The molecule has 24 heavy (non-hydrogen) atoms. The quantitative estimate of drug-likeness (QED) is 0.473. The molecular formula is C20H22O4. The number of hydrogen-bond donors (Lipinski definition) is 0. The molecular weight excluding hydrogens is 304 g/mol. The van der Waals surface area contributed by atoms with Gasteiger partial charge in [-0.3, -0.25) is 0 Å². The maximum absolute atomic E-state index is 5.60. The Balaban J connectivity index is 2.01. The van der Waals surface area contributed by atoms with Crippen LogP contribution in [0.4, 0.5) is 0 Å². The Bertz CT molecular complexity index is 587. The molecule has 0 saturated heterocycles. The van der Waals surface area contributed by atoms with Crippen LogP contribution in [-0.4, -0.2) is 12.6 Å². The van der Waals surface area contributed by atoms with Gasteiger partial charge in [0.2, 0.25) is 12.6 Å². The Morgan fingerprint density at radius 1 is 0.667 bits per heavy atom. The van der Waals surface area contributed by atoms with Crippen LogP contribution in [0.2, 0.25) is 0 Å². The van der Waals surface area contributed by atoms with Crippen LogP contribution in [0.5, 0.6) is 11.5 Å². The van der Waals surface area contributed by atoms with Gasteiger partial charge in [-0.25, -0.2) is 0 Å². The van der Waals surface area contributed by atoms with Crippen LogP contribution >= 0.6 is 0 Å². The summed E-state index contributed by atoms with van der Waals surface area (Å²) in [6, 6.07) is 15.6. The largest absolute Gasteiger partial charge is 0.463 e. The first-order valence-electron chi connectivity index (χ1n) is 7.69. The molecule has 4 nitrogen and oxygen atoms in total. The Labute approximate surface area is 142 Å². The van der Waals surface area contributed by atoms with E-state index in [9.17, 15) is 0 Å². The lowest BCUT2D eigenvalue weighted by atomic mass is 10.1. The van der Waals surface area contributed by atoms with E-state index in [1.54, 1.807) is 0 Å². The normalized spacial score (nSPS) is 12.6. The van der Waals surface area contributed by atoms with Gasteiger partial charge in [0.05, 0.1) is 12.5 Å². The average Bonchev–Trinajstić information content (AvgIpc) is 2.57. The van der Waals surface area contributed by atoms with Gasteiger partial charge < -0.3 is 18.9 Å². The van der Waals surface area contributed by atoms with Crippen molar-refractivity contribution >= 4 is 0 Å². The third-order valence-electron chi connectivity index (χ3n) is 3.22. The van der Waals surface area contributed by atoms with E-state index < -0.39 is 0 Å². The van der Waals surface area contributed by atoms with Crippen molar-refractivity contribution in [2.75, 3.05) is 0 Å². The molecule has 0 amide bonds. The molecule has 0 saturated carbocycles. The zero-order chi connectivity index (χ0) is 17.4. The van der Waals surface area contributed by atoms with Crippen LogP contribution in [-0.2, 0) is 9.47 Å². The van der Waals surface area contributed by atoms with Crippen molar-refractivity contribution < 1.29 is 18.9 Å². The molecule has 0 N–H and O–H groups in total.